The van der Waals surface area contributed by atoms with E-state index in [0.29, 0.717) is 16.3 Å². The van der Waals surface area contributed by atoms with Gasteiger partial charge < -0.3 is 0 Å². The summed E-state index contributed by atoms with van der Waals surface area (Å²) in [6, 6.07) is 4.66. The fourth-order valence-corrected chi connectivity index (χ4v) is 2.49. The number of sulfonamides is 1. The molecule has 0 radical (unpaired) electrons. The highest BCUT2D eigenvalue weighted by Gasteiger charge is 2.13. The molecule has 0 saturated carbocycles. The molecule has 0 aliphatic rings. The van der Waals surface area contributed by atoms with Gasteiger partial charge in [0.15, 0.2) is 11.6 Å². The van der Waals surface area contributed by atoms with E-state index in [1.54, 1.807) is 6.92 Å². The molecular formula is C11H9F2NO2S. The second-order valence-corrected chi connectivity index (χ2v) is 5.31. The van der Waals surface area contributed by atoms with Crippen LogP contribution in [0.2, 0.25) is 0 Å². The van der Waals surface area contributed by atoms with E-state index in [9.17, 15) is 17.2 Å². The maximum absolute atomic E-state index is 13.0. The van der Waals surface area contributed by atoms with Crippen LogP contribution in [0.3, 0.4) is 0 Å². The summed E-state index contributed by atoms with van der Waals surface area (Å²) in [6.45, 7) is 1.54. The molecule has 0 aliphatic carbocycles. The summed E-state index contributed by atoms with van der Waals surface area (Å²) >= 11 is 0. The second kappa shape index (κ2) is 3.75. The van der Waals surface area contributed by atoms with Gasteiger partial charge in [0, 0.05) is 0 Å². The first kappa shape index (κ1) is 11.9. The van der Waals surface area contributed by atoms with Crippen LogP contribution in [0.1, 0.15) is 5.56 Å². The summed E-state index contributed by atoms with van der Waals surface area (Å²) in [4.78, 5) is -0.0870. The van der Waals surface area contributed by atoms with E-state index in [1.807, 2.05) is 0 Å². The summed E-state index contributed by atoms with van der Waals surface area (Å²) in [5.74, 6) is -2.00. The summed E-state index contributed by atoms with van der Waals surface area (Å²) in [7, 11) is -3.86. The van der Waals surface area contributed by atoms with Gasteiger partial charge in [-0.15, -0.1) is 0 Å². The highest BCUT2D eigenvalue weighted by molar-refractivity contribution is 7.89. The van der Waals surface area contributed by atoms with Crippen LogP contribution in [-0.4, -0.2) is 8.42 Å². The SMILES string of the molecule is Cc1cc2cc(F)c(F)cc2cc1S(N)(=O)=O. The normalized spacial score (nSPS) is 12.0. The lowest BCUT2D eigenvalue weighted by Gasteiger charge is -2.06. The molecule has 0 atom stereocenters. The van der Waals surface area contributed by atoms with E-state index >= 15 is 0 Å². The minimum absolute atomic E-state index is 0.0870. The van der Waals surface area contributed by atoms with Gasteiger partial charge in [-0.3, -0.25) is 0 Å². The molecule has 0 aliphatic heterocycles. The number of hydrogen-bond donors (Lipinski definition) is 1. The third-order valence-corrected chi connectivity index (χ3v) is 3.53. The van der Waals surface area contributed by atoms with Crippen LogP contribution in [0.25, 0.3) is 10.8 Å². The highest BCUT2D eigenvalue weighted by Crippen LogP contribution is 2.24. The van der Waals surface area contributed by atoms with E-state index in [0.717, 1.165) is 12.1 Å². The Bertz CT molecular complexity index is 711. The molecule has 0 spiro atoms. The van der Waals surface area contributed by atoms with Crippen molar-refractivity contribution in [3.63, 3.8) is 0 Å². The molecule has 0 fully saturated rings. The first-order chi connectivity index (χ1) is 7.79. The Balaban J connectivity index is 2.86. The minimum atomic E-state index is -3.86. The molecule has 90 valence electrons. The quantitative estimate of drug-likeness (QED) is 0.850. The lowest BCUT2D eigenvalue weighted by atomic mass is 10.1. The monoisotopic (exact) mass is 257 g/mol. The number of fused-ring (bicyclic) bond motifs is 1. The Kier molecular flexibility index (Phi) is 2.63. The van der Waals surface area contributed by atoms with Gasteiger partial charge in [0.05, 0.1) is 4.90 Å². The summed E-state index contributed by atoms with van der Waals surface area (Å²) in [5.41, 5.74) is 0.394. The third-order valence-electron chi connectivity index (χ3n) is 2.48. The number of hydrogen-bond acceptors (Lipinski definition) is 2. The largest absolute Gasteiger partial charge is 0.238 e. The third kappa shape index (κ3) is 2.13. The average Bonchev–Trinajstić information content (AvgIpc) is 2.18. The maximum atomic E-state index is 13.0. The van der Waals surface area contributed by atoms with Crippen LogP contribution < -0.4 is 5.14 Å². The minimum Gasteiger partial charge on any atom is -0.225 e. The number of primary sulfonamides is 1. The zero-order valence-corrected chi connectivity index (χ0v) is 9.68. The van der Waals surface area contributed by atoms with Crippen molar-refractivity contribution in [2.24, 2.45) is 5.14 Å². The Morgan fingerprint density at radius 3 is 1.94 bits per heavy atom. The Hall–Kier alpha value is -1.53. The van der Waals surface area contributed by atoms with Gasteiger partial charge in [0.2, 0.25) is 10.0 Å². The Morgan fingerprint density at radius 1 is 1.00 bits per heavy atom. The number of aryl methyl sites for hydroxylation is 1. The number of benzene rings is 2. The van der Waals surface area contributed by atoms with E-state index in [2.05, 4.69) is 0 Å². The molecule has 0 amide bonds. The van der Waals surface area contributed by atoms with Crippen molar-refractivity contribution in [3.05, 3.63) is 41.5 Å². The fraction of sp³-hybridized carbons (Fsp3) is 0.0909. The van der Waals surface area contributed by atoms with Gasteiger partial charge in [0.25, 0.3) is 0 Å². The molecule has 0 unspecified atom stereocenters. The molecule has 6 heteroatoms. The molecule has 3 nitrogen and oxygen atoms in total. The van der Waals surface area contributed by atoms with Crippen LogP contribution in [0.4, 0.5) is 8.78 Å². The van der Waals surface area contributed by atoms with Gasteiger partial charge in [-0.05, 0) is 47.5 Å². The first-order valence-corrected chi connectivity index (χ1v) is 6.26. The van der Waals surface area contributed by atoms with E-state index < -0.39 is 21.7 Å². The van der Waals surface area contributed by atoms with Crippen LogP contribution in [-0.2, 0) is 10.0 Å². The number of rotatable bonds is 1. The predicted octanol–water partition coefficient (Wildman–Crippen LogP) is 2.07. The molecule has 17 heavy (non-hydrogen) atoms. The van der Waals surface area contributed by atoms with Crippen molar-refractivity contribution in [2.45, 2.75) is 11.8 Å². The van der Waals surface area contributed by atoms with Crippen LogP contribution >= 0.6 is 0 Å². The molecule has 0 heterocycles. The Morgan fingerprint density at radius 2 is 1.47 bits per heavy atom. The van der Waals surface area contributed by atoms with Crippen LogP contribution in [0.5, 0.6) is 0 Å². The zero-order valence-electron chi connectivity index (χ0n) is 8.87. The van der Waals surface area contributed by atoms with Crippen molar-refractivity contribution in [1.29, 1.82) is 0 Å². The topological polar surface area (TPSA) is 60.2 Å². The number of halogens is 2. The lowest BCUT2D eigenvalue weighted by molar-refractivity contribution is 0.511. The van der Waals surface area contributed by atoms with Crippen molar-refractivity contribution in [1.82, 2.24) is 0 Å². The van der Waals surface area contributed by atoms with Crippen molar-refractivity contribution < 1.29 is 17.2 Å². The van der Waals surface area contributed by atoms with E-state index in [4.69, 9.17) is 5.14 Å². The standard InChI is InChI=1S/C11H9F2NO2S/c1-6-2-7-3-9(12)10(13)4-8(7)5-11(6)17(14,15)16/h2-5H,1H3,(H2,14,15,16). The molecule has 0 saturated heterocycles. The van der Waals surface area contributed by atoms with Crippen LogP contribution in [0.15, 0.2) is 29.2 Å². The molecule has 2 aromatic rings. The van der Waals surface area contributed by atoms with Gasteiger partial charge in [-0.2, -0.15) is 0 Å². The lowest BCUT2D eigenvalue weighted by Crippen LogP contribution is -2.13. The highest BCUT2D eigenvalue weighted by atomic mass is 32.2. The zero-order chi connectivity index (χ0) is 12.8. The molecule has 0 bridgehead atoms. The van der Waals surface area contributed by atoms with Gasteiger partial charge >= 0.3 is 0 Å². The molecular weight excluding hydrogens is 248 g/mol. The molecule has 2 aromatic carbocycles. The van der Waals surface area contributed by atoms with E-state index in [1.165, 1.54) is 12.1 Å². The Labute approximate surface area is 96.9 Å². The first-order valence-electron chi connectivity index (χ1n) is 4.71. The van der Waals surface area contributed by atoms with Crippen molar-refractivity contribution in [2.75, 3.05) is 0 Å². The molecule has 2 rings (SSSR count). The van der Waals surface area contributed by atoms with Gasteiger partial charge in [0.1, 0.15) is 0 Å². The maximum Gasteiger partial charge on any atom is 0.238 e. The summed E-state index contributed by atoms with van der Waals surface area (Å²) in [5, 5.41) is 5.74. The molecule has 2 N–H and O–H groups in total. The molecule has 0 aromatic heterocycles. The number of nitrogens with two attached hydrogens (primary N) is 1. The fourth-order valence-electron chi connectivity index (χ4n) is 1.69. The van der Waals surface area contributed by atoms with Crippen molar-refractivity contribution >= 4 is 20.8 Å². The van der Waals surface area contributed by atoms with Gasteiger partial charge in [-0.25, -0.2) is 22.3 Å². The van der Waals surface area contributed by atoms with Crippen LogP contribution in [0, 0.1) is 18.6 Å². The smallest absolute Gasteiger partial charge is 0.225 e. The van der Waals surface area contributed by atoms with Gasteiger partial charge in [-0.1, -0.05) is 0 Å². The predicted molar refractivity (Wildman–Crippen MR) is 60.0 cm³/mol. The van der Waals surface area contributed by atoms with E-state index in [-0.39, 0.29) is 4.90 Å². The average molecular weight is 257 g/mol. The summed E-state index contributed by atoms with van der Waals surface area (Å²) < 4.78 is 48.5. The second-order valence-electron chi connectivity index (χ2n) is 3.78. The van der Waals surface area contributed by atoms with Crippen molar-refractivity contribution in [3.8, 4) is 0 Å². The summed E-state index contributed by atoms with van der Waals surface area (Å²) in [6.07, 6.45) is 0.